The van der Waals surface area contributed by atoms with E-state index in [2.05, 4.69) is 10.5 Å². The molecule has 0 aliphatic rings. The number of hydrogen-bond donors (Lipinski definition) is 1. The molecule has 0 unspecified atom stereocenters. The smallest absolute Gasteiger partial charge is 0.240 e. The van der Waals surface area contributed by atoms with Crippen LogP contribution in [0, 0.1) is 0 Å². The van der Waals surface area contributed by atoms with Gasteiger partial charge in [-0.2, -0.15) is 5.10 Å². The first-order valence-corrected chi connectivity index (χ1v) is 7.64. The molecule has 5 heteroatoms. The van der Waals surface area contributed by atoms with E-state index in [-0.39, 0.29) is 5.91 Å². The zero-order valence-corrected chi connectivity index (χ0v) is 13.7. The number of aryl methyl sites for hydroxylation is 1. The lowest BCUT2D eigenvalue weighted by Gasteiger charge is -2.04. The predicted molar refractivity (Wildman–Crippen MR) is 91.6 cm³/mol. The predicted octanol–water partition coefficient (Wildman–Crippen LogP) is 4.47. The van der Waals surface area contributed by atoms with Gasteiger partial charge < -0.3 is 0 Å². The van der Waals surface area contributed by atoms with Crippen LogP contribution in [0.25, 0.3) is 0 Å². The van der Waals surface area contributed by atoms with Crippen LogP contribution >= 0.6 is 23.2 Å². The summed E-state index contributed by atoms with van der Waals surface area (Å²) in [5.41, 5.74) is 5.18. The highest BCUT2D eigenvalue weighted by Crippen LogP contribution is 2.22. The van der Waals surface area contributed by atoms with Crippen LogP contribution in [-0.2, 0) is 11.2 Å². The number of carbonyl (C=O) groups is 1. The van der Waals surface area contributed by atoms with Gasteiger partial charge in [0.25, 0.3) is 0 Å². The van der Waals surface area contributed by atoms with E-state index < -0.39 is 0 Å². The van der Waals surface area contributed by atoms with Crippen molar-refractivity contribution >= 4 is 34.8 Å². The van der Waals surface area contributed by atoms with Crippen molar-refractivity contribution in [2.75, 3.05) is 0 Å². The van der Waals surface area contributed by atoms with Crippen molar-refractivity contribution in [3.8, 4) is 0 Å². The van der Waals surface area contributed by atoms with Gasteiger partial charge in [0, 0.05) is 6.42 Å². The van der Waals surface area contributed by atoms with E-state index in [1.54, 1.807) is 19.1 Å². The second kappa shape index (κ2) is 7.97. The molecule has 1 amide bonds. The second-order valence-electron chi connectivity index (χ2n) is 4.85. The fourth-order valence-corrected chi connectivity index (χ4v) is 2.19. The molecule has 2 aromatic rings. The van der Waals surface area contributed by atoms with Crippen LogP contribution in [0.3, 0.4) is 0 Å². The molecule has 0 heterocycles. The molecular formula is C17H16Cl2N2O. The van der Waals surface area contributed by atoms with Crippen LogP contribution in [0.5, 0.6) is 0 Å². The first kappa shape index (κ1) is 16.5. The van der Waals surface area contributed by atoms with Gasteiger partial charge in [-0.25, -0.2) is 5.43 Å². The molecule has 2 rings (SSSR count). The van der Waals surface area contributed by atoms with E-state index in [0.717, 1.165) is 11.1 Å². The van der Waals surface area contributed by atoms with Gasteiger partial charge in [0.2, 0.25) is 5.91 Å². The van der Waals surface area contributed by atoms with Crippen molar-refractivity contribution in [3.63, 3.8) is 0 Å². The zero-order valence-electron chi connectivity index (χ0n) is 12.1. The summed E-state index contributed by atoms with van der Waals surface area (Å²) in [4.78, 5) is 11.8. The monoisotopic (exact) mass is 334 g/mol. The number of hydrazone groups is 1. The summed E-state index contributed by atoms with van der Waals surface area (Å²) < 4.78 is 0. The standard InChI is InChI=1S/C17H16Cl2N2O/c1-12(14-8-9-15(18)16(19)11-14)20-21-17(22)10-7-13-5-3-2-4-6-13/h2-6,8-9,11H,7,10H2,1H3,(H,21,22)/b20-12-. The van der Waals surface area contributed by atoms with Gasteiger partial charge in [-0.15, -0.1) is 0 Å². The van der Waals surface area contributed by atoms with Crippen LogP contribution in [0.1, 0.15) is 24.5 Å². The number of carbonyl (C=O) groups excluding carboxylic acids is 1. The number of benzene rings is 2. The number of hydrogen-bond acceptors (Lipinski definition) is 2. The molecule has 0 aromatic heterocycles. The minimum Gasteiger partial charge on any atom is -0.273 e. The second-order valence-corrected chi connectivity index (χ2v) is 5.66. The molecule has 2 aromatic carbocycles. The lowest BCUT2D eigenvalue weighted by molar-refractivity contribution is -0.121. The largest absolute Gasteiger partial charge is 0.273 e. The fraction of sp³-hybridized carbons (Fsp3) is 0.176. The van der Waals surface area contributed by atoms with Gasteiger partial charge >= 0.3 is 0 Å². The summed E-state index contributed by atoms with van der Waals surface area (Å²) >= 11 is 11.8. The normalized spacial score (nSPS) is 11.3. The molecule has 0 aliphatic heterocycles. The Hall–Kier alpha value is -1.84. The van der Waals surface area contributed by atoms with Crippen molar-refractivity contribution in [1.82, 2.24) is 5.43 Å². The van der Waals surface area contributed by atoms with Crippen LogP contribution in [0.2, 0.25) is 10.0 Å². The van der Waals surface area contributed by atoms with Gasteiger partial charge in [0.05, 0.1) is 15.8 Å². The molecule has 0 atom stereocenters. The molecule has 114 valence electrons. The summed E-state index contributed by atoms with van der Waals surface area (Å²) in [6.07, 6.45) is 1.08. The molecule has 1 N–H and O–H groups in total. The Labute approximate surface area is 139 Å². The minimum absolute atomic E-state index is 0.122. The highest BCUT2D eigenvalue weighted by molar-refractivity contribution is 6.42. The average molecular weight is 335 g/mol. The van der Waals surface area contributed by atoms with E-state index in [4.69, 9.17) is 23.2 Å². The highest BCUT2D eigenvalue weighted by atomic mass is 35.5. The molecule has 0 saturated carbocycles. The number of nitrogens with one attached hydrogen (secondary N) is 1. The summed E-state index contributed by atoms with van der Waals surface area (Å²) in [7, 11) is 0. The van der Waals surface area contributed by atoms with E-state index in [0.29, 0.717) is 28.6 Å². The molecule has 0 fully saturated rings. The highest BCUT2D eigenvalue weighted by Gasteiger charge is 2.04. The zero-order chi connectivity index (χ0) is 15.9. The number of amides is 1. The summed E-state index contributed by atoms with van der Waals surface area (Å²) in [5.74, 6) is -0.122. The quantitative estimate of drug-likeness (QED) is 0.636. The van der Waals surface area contributed by atoms with Crippen LogP contribution in [-0.4, -0.2) is 11.6 Å². The maximum Gasteiger partial charge on any atom is 0.240 e. The molecule has 3 nitrogen and oxygen atoms in total. The maximum absolute atomic E-state index is 11.8. The van der Waals surface area contributed by atoms with E-state index in [1.807, 2.05) is 36.4 Å². The van der Waals surface area contributed by atoms with E-state index >= 15 is 0 Å². The van der Waals surface area contributed by atoms with Crippen molar-refractivity contribution in [1.29, 1.82) is 0 Å². The first-order chi connectivity index (χ1) is 10.6. The molecule has 0 spiro atoms. The molecule has 0 saturated heterocycles. The third-order valence-electron chi connectivity index (χ3n) is 3.17. The van der Waals surface area contributed by atoms with Gasteiger partial charge in [0.15, 0.2) is 0 Å². The van der Waals surface area contributed by atoms with Crippen molar-refractivity contribution in [2.45, 2.75) is 19.8 Å². The molecule has 0 aliphatic carbocycles. The van der Waals surface area contributed by atoms with Crippen LogP contribution in [0.15, 0.2) is 53.6 Å². The van der Waals surface area contributed by atoms with E-state index in [1.165, 1.54) is 0 Å². The third kappa shape index (κ3) is 4.86. The fourth-order valence-electron chi connectivity index (χ4n) is 1.89. The number of halogens is 2. The Bertz CT molecular complexity index is 684. The average Bonchev–Trinajstić information content (AvgIpc) is 2.54. The first-order valence-electron chi connectivity index (χ1n) is 6.89. The van der Waals surface area contributed by atoms with Gasteiger partial charge in [0.1, 0.15) is 0 Å². The molecule has 0 bridgehead atoms. The Morgan fingerprint density at radius 2 is 1.82 bits per heavy atom. The molecular weight excluding hydrogens is 319 g/mol. The maximum atomic E-state index is 11.8. The summed E-state index contributed by atoms with van der Waals surface area (Å²) in [5, 5.41) is 5.05. The van der Waals surface area contributed by atoms with Gasteiger partial charge in [-0.3, -0.25) is 4.79 Å². The lowest BCUT2D eigenvalue weighted by atomic mass is 10.1. The number of rotatable bonds is 5. The molecule has 0 radical (unpaired) electrons. The summed E-state index contributed by atoms with van der Waals surface area (Å²) in [6.45, 7) is 1.80. The SMILES string of the molecule is C/C(=N/NC(=O)CCc1ccccc1)c1ccc(Cl)c(Cl)c1. The Morgan fingerprint density at radius 3 is 2.50 bits per heavy atom. The van der Waals surface area contributed by atoms with E-state index in [9.17, 15) is 4.79 Å². The van der Waals surface area contributed by atoms with Crippen molar-refractivity contribution < 1.29 is 4.79 Å². The molecule has 22 heavy (non-hydrogen) atoms. The Kier molecular flexibility index (Phi) is 5.99. The van der Waals surface area contributed by atoms with Crippen molar-refractivity contribution in [3.05, 3.63) is 69.7 Å². The lowest BCUT2D eigenvalue weighted by Crippen LogP contribution is -2.19. The van der Waals surface area contributed by atoms with Crippen LogP contribution < -0.4 is 5.43 Å². The number of nitrogens with zero attached hydrogens (tertiary/aromatic N) is 1. The Balaban J connectivity index is 1.90. The minimum atomic E-state index is -0.122. The van der Waals surface area contributed by atoms with Gasteiger partial charge in [-0.1, -0.05) is 59.6 Å². The third-order valence-corrected chi connectivity index (χ3v) is 3.91. The van der Waals surface area contributed by atoms with Gasteiger partial charge in [-0.05, 0) is 36.6 Å². The Morgan fingerprint density at radius 1 is 1.09 bits per heavy atom. The summed E-state index contributed by atoms with van der Waals surface area (Å²) in [6, 6.07) is 15.1. The topological polar surface area (TPSA) is 41.5 Å². The van der Waals surface area contributed by atoms with Crippen LogP contribution in [0.4, 0.5) is 0 Å². The van der Waals surface area contributed by atoms with Crippen molar-refractivity contribution in [2.24, 2.45) is 5.10 Å².